The maximum absolute atomic E-state index is 10.2. The zero-order chi connectivity index (χ0) is 17.3. The monoisotopic (exact) mass is 336 g/mol. The number of methoxy groups -OCH3 is 1. The van der Waals surface area contributed by atoms with Crippen molar-refractivity contribution in [3.8, 4) is 5.88 Å². The van der Waals surface area contributed by atoms with E-state index >= 15 is 0 Å². The molecule has 0 bridgehead atoms. The summed E-state index contributed by atoms with van der Waals surface area (Å²) in [4.78, 5) is 4.32. The summed E-state index contributed by atoms with van der Waals surface area (Å²) in [6.45, 7) is -0.498. The van der Waals surface area contributed by atoms with Crippen LogP contribution in [0.5, 0.6) is 5.88 Å². The number of fused-ring (bicyclic) bond motifs is 1. The number of rotatable bonds is 4. The molecule has 130 valence electrons. The van der Waals surface area contributed by atoms with Gasteiger partial charge in [0.15, 0.2) is 6.29 Å². The van der Waals surface area contributed by atoms with E-state index in [1.807, 2.05) is 12.1 Å². The zero-order valence-corrected chi connectivity index (χ0v) is 13.0. The van der Waals surface area contributed by atoms with Crippen LogP contribution in [-0.4, -0.2) is 69.8 Å². The van der Waals surface area contributed by atoms with E-state index in [4.69, 9.17) is 14.6 Å². The summed E-state index contributed by atoms with van der Waals surface area (Å²) in [5.74, 6) is 0.474. The number of aliphatic hydroxyl groups is 4. The van der Waals surface area contributed by atoms with Gasteiger partial charge in [-0.25, -0.2) is 4.98 Å². The van der Waals surface area contributed by atoms with Gasteiger partial charge in [-0.3, -0.25) is 0 Å². The van der Waals surface area contributed by atoms with Crippen LogP contribution in [0, 0.1) is 0 Å². The van der Waals surface area contributed by atoms with Crippen LogP contribution in [0.15, 0.2) is 30.3 Å². The third-order valence-electron chi connectivity index (χ3n) is 4.11. The Kier molecular flexibility index (Phi) is 4.83. The zero-order valence-electron chi connectivity index (χ0n) is 13.0. The Labute approximate surface area is 138 Å². The molecule has 1 saturated heterocycles. The highest BCUT2D eigenvalue weighted by molar-refractivity contribution is 5.82. The quantitative estimate of drug-likeness (QED) is 0.504. The lowest BCUT2D eigenvalue weighted by Crippen LogP contribution is -2.61. The number of ether oxygens (including phenoxy) is 2. The second-order valence-corrected chi connectivity index (χ2v) is 5.66. The molecule has 0 radical (unpaired) electrons. The SMILES string of the molecule is COc1ccc2ccc(NC3C(O)OC(CO)[C@H](O)[C@H]3O)cc2n1. The number of anilines is 1. The average Bonchev–Trinajstić information content (AvgIpc) is 2.61. The van der Waals surface area contributed by atoms with Crippen LogP contribution in [0.2, 0.25) is 0 Å². The van der Waals surface area contributed by atoms with Crippen LogP contribution >= 0.6 is 0 Å². The number of aromatic nitrogens is 1. The van der Waals surface area contributed by atoms with Gasteiger partial charge >= 0.3 is 0 Å². The van der Waals surface area contributed by atoms with Gasteiger partial charge < -0.3 is 35.2 Å². The molecule has 2 heterocycles. The third-order valence-corrected chi connectivity index (χ3v) is 4.11. The summed E-state index contributed by atoms with van der Waals surface area (Å²) in [5.41, 5.74) is 1.26. The number of nitrogens with one attached hydrogen (secondary N) is 1. The van der Waals surface area contributed by atoms with Crippen molar-refractivity contribution in [2.75, 3.05) is 19.0 Å². The van der Waals surface area contributed by atoms with Crippen LogP contribution in [0.4, 0.5) is 5.69 Å². The molecule has 2 aromatic rings. The van der Waals surface area contributed by atoms with Crippen molar-refractivity contribution in [3.63, 3.8) is 0 Å². The van der Waals surface area contributed by atoms with Crippen molar-refractivity contribution in [1.82, 2.24) is 4.98 Å². The second kappa shape index (κ2) is 6.88. The number of benzene rings is 1. The summed E-state index contributed by atoms with van der Waals surface area (Å²) in [7, 11) is 1.53. The van der Waals surface area contributed by atoms with Gasteiger partial charge in [0, 0.05) is 17.1 Å². The van der Waals surface area contributed by atoms with E-state index in [0.29, 0.717) is 17.1 Å². The normalized spacial score (nSPS) is 30.3. The number of nitrogens with zero attached hydrogens (tertiary/aromatic N) is 1. The second-order valence-electron chi connectivity index (χ2n) is 5.66. The van der Waals surface area contributed by atoms with Crippen molar-refractivity contribution in [3.05, 3.63) is 30.3 Å². The molecule has 8 nitrogen and oxygen atoms in total. The van der Waals surface area contributed by atoms with Gasteiger partial charge in [0.25, 0.3) is 0 Å². The van der Waals surface area contributed by atoms with Crippen LogP contribution in [0.3, 0.4) is 0 Å². The first-order chi connectivity index (χ1) is 11.5. The Morgan fingerprint density at radius 3 is 2.62 bits per heavy atom. The highest BCUT2D eigenvalue weighted by atomic mass is 16.6. The fourth-order valence-corrected chi connectivity index (χ4v) is 2.75. The molecule has 0 amide bonds. The maximum Gasteiger partial charge on any atom is 0.213 e. The molecule has 1 aromatic carbocycles. The van der Waals surface area contributed by atoms with Crippen molar-refractivity contribution in [2.24, 2.45) is 0 Å². The molecule has 1 aromatic heterocycles. The van der Waals surface area contributed by atoms with E-state index in [1.54, 1.807) is 18.2 Å². The number of aliphatic hydroxyl groups excluding tert-OH is 4. The predicted molar refractivity (Wildman–Crippen MR) is 85.7 cm³/mol. The van der Waals surface area contributed by atoms with E-state index in [-0.39, 0.29) is 0 Å². The Morgan fingerprint density at radius 1 is 1.17 bits per heavy atom. The van der Waals surface area contributed by atoms with Gasteiger partial charge in [-0.2, -0.15) is 0 Å². The Morgan fingerprint density at radius 2 is 1.92 bits per heavy atom. The summed E-state index contributed by atoms with van der Waals surface area (Å²) >= 11 is 0. The first-order valence-electron chi connectivity index (χ1n) is 7.55. The molecule has 1 fully saturated rings. The van der Waals surface area contributed by atoms with Crippen molar-refractivity contribution < 1.29 is 29.9 Å². The number of hydrogen-bond donors (Lipinski definition) is 5. The van der Waals surface area contributed by atoms with E-state index in [0.717, 1.165) is 5.39 Å². The molecule has 5 N–H and O–H groups in total. The highest BCUT2D eigenvalue weighted by Crippen LogP contribution is 2.25. The first kappa shape index (κ1) is 16.9. The van der Waals surface area contributed by atoms with Gasteiger partial charge in [0.1, 0.15) is 24.4 Å². The van der Waals surface area contributed by atoms with Crippen LogP contribution in [-0.2, 0) is 4.74 Å². The molecule has 3 rings (SSSR count). The topological polar surface area (TPSA) is 124 Å². The standard InChI is InChI=1S/C16H20N2O6/c1-23-12-5-3-8-2-4-9(6-10(8)18-12)17-13-15(21)14(20)11(7-19)24-16(13)22/h2-6,11,13-17,19-22H,7H2,1H3/t11?,13?,14-,15-,16?/m0/s1. The van der Waals surface area contributed by atoms with E-state index < -0.39 is 37.3 Å². The molecule has 1 aliphatic rings. The lowest BCUT2D eigenvalue weighted by atomic mass is 9.97. The Balaban J connectivity index is 1.83. The van der Waals surface area contributed by atoms with Gasteiger partial charge in [-0.15, -0.1) is 0 Å². The Bertz CT molecular complexity index is 712. The lowest BCUT2D eigenvalue weighted by molar-refractivity contribution is -0.245. The molecule has 8 heteroatoms. The maximum atomic E-state index is 10.2. The van der Waals surface area contributed by atoms with Crippen LogP contribution < -0.4 is 10.1 Å². The minimum atomic E-state index is -1.38. The summed E-state index contributed by atoms with van der Waals surface area (Å²) < 4.78 is 10.2. The van der Waals surface area contributed by atoms with Crippen LogP contribution in [0.25, 0.3) is 10.9 Å². The van der Waals surface area contributed by atoms with E-state index in [2.05, 4.69) is 10.3 Å². The Hall–Kier alpha value is -1.97. The van der Waals surface area contributed by atoms with Gasteiger partial charge in [0.05, 0.1) is 19.2 Å². The molecule has 1 aliphatic heterocycles. The predicted octanol–water partition coefficient (Wildman–Crippen LogP) is -0.545. The van der Waals surface area contributed by atoms with E-state index in [9.17, 15) is 15.3 Å². The van der Waals surface area contributed by atoms with Gasteiger partial charge in [0.2, 0.25) is 5.88 Å². The molecule has 3 unspecified atom stereocenters. The molecule has 24 heavy (non-hydrogen) atoms. The molecular formula is C16H20N2O6. The van der Waals surface area contributed by atoms with Gasteiger partial charge in [-0.05, 0) is 18.2 Å². The fourth-order valence-electron chi connectivity index (χ4n) is 2.75. The summed E-state index contributed by atoms with van der Waals surface area (Å²) in [5, 5.41) is 43.0. The van der Waals surface area contributed by atoms with Crippen LogP contribution in [0.1, 0.15) is 0 Å². The summed E-state index contributed by atoms with van der Waals surface area (Å²) in [6, 6.07) is 8.00. The average molecular weight is 336 g/mol. The third kappa shape index (κ3) is 3.14. The molecular weight excluding hydrogens is 316 g/mol. The van der Waals surface area contributed by atoms with Gasteiger partial charge in [-0.1, -0.05) is 6.07 Å². The molecule has 0 aliphatic carbocycles. The van der Waals surface area contributed by atoms with Crippen molar-refractivity contribution in [1.29, 1.82) is 0 Å². The summed E-state index contributed by atoms with van der Waals surface area (Å²) in [6.07, 6.45) is -5.03. The number of pyridine rings is 1. The lowest BCUT2D eigenvalue weighted by Gasteiger charge is -2.40. The largest absolute Gasteiger partial charge is 0.481 e. The van der Waals surface area contributed by atoms with Crippen molar-refractivity contribution in [2.45, 2.75) is 30.6 Å². The highest BCUT2D eigenvalue weighted by Gasteiger charge is 2.43. The molecule has 5 atom stereocenters. The van der Waals surface area contributed by atoms with E-state index in [1.165, 1.54) is 7.11 Å². The molecule has 0 spiro atoms. The fraction of sp³-hybridized carbons (Fsp3) is 0.438. The number of hydrogen-bond acceptors (Lipinski definition) is 8. The molecule has 0 saturated carbocycles. The van der Waals surface area contributed by atoms with Crippen molar-refractivity contribution >= 4 is 16.6 Å². The first-order valence-corrected chi connectivity index (χ1v) is 7.55. The minimum Gasteiger partial charge on any atom is -0.481 e. The minimum absolute atomic E-state index is 0.474. The smallest absolute Gasteiger partial charge is 0.213 e.